The van der Waals surface area contributed by atoms with Gasteiger partial charge in [-0.15, -0.1) is 0 Å². The van der Waals surface area contributed by atoms with E-state index in [1.807, 2.05) is 31.2 Å². The third-order valence-corrected chi connectivity index (χ3v) is 5.36. The minimum absolute atomic E-state index is 0.350. The van der Waals surface area contributed by atoms with Crippen LogP contribution in [-0.4, -0.2) is 29.9 Å². The van der Waals surface area contributed by atoms with Gasteiger partial charge in [0.1, 0.15) is 0 Å². The van der Waals surface area contributed by atoms with Gasteiger partial charge in [0.25, 0.3) is 5.91 Å². The Bertz CT molecular complexity index is 810. The molecular weight excluding hydrogens is 364 g/mol. The summed E-state index contributed by atoms with van der Waals surface area (Å²) in [6.07, 6.45) is 2.55. The number of amides is 3. The second kappa shape index (κ2) is 10.1. The fraction of sp³-hybridized carbons (Fsp3) is 0.391. The molecule has 0 aliphatic carbocycles. The van der Waals surface area contributed by atoms with Crippen molar-refractivity contribution in [2.24, 2.45) is 5.92 Å². The number of carbonyl (C=O) groups excluding carboxylic acids is 2. The van der Waals surface area contributed by atoms with Gasteiger partial charge in [-0.25, -0.2) is 10.2 Å². The number of piperidine rings is 1. The minimum Gasteiger partial charge on any atom is -0.333 e. The van der Waals surface area contributed by atoms with Crippen LogP contribution in [0.3, 0.4) is 0 Å². The fourth-order valence-electron chi connectivity index (χ4n) is 3.36. The van der Waals surface area contributed by atoms with Crippen LogP contribution >= 0.6 is 0 Å². The zero-order valence-corrected chi connectivity index (χ0v) is 17.2. The number of hydrogen-bond acceptors (Lipinski definition) is 3. The lowest BCUT2D eigenvalue weighted by Gasteiger charge is -2.30. The van der Waals surface area contributed by atoms with Crippen LogP contribution in [0, 0.1) is 12.8 Å². The van der Waals surface area contributed by atoms with E-state index in [2.05, 4.69) is 40.1 Å². The van der Waals surface area contributed by atoms with E-state index in [9.17, 15) is 9.59 Å². The van der Waals surface area contributed by atoms with Crippen LogP contribution in [0.4, 0.5) is 4.79 Å². The molecule has 6 heteroatoms. The SMILES string of the molecule is Cc1ccc(C(=O)NNC(=O)NCc2ccc(CN3CCC(C)CC3)cc2)cc1. The van der Waals surface area contributed by atoms with Crippen molar-refractivity contribution in [2.45, 2.75) is 39.8 Å². The van der Waals surface area contributed by atoms with Crippen LogP contribution in [-0.2, 0) is 13.1 Å². The Labute approximate surface area is 172 Å². The summed E-state index contributed by atoms with van der Waals surface area (Å²) in [7, 11) is 0. The van der Waals surface area contributed by atoms with Gasteiger partial charge in [0.15, 0.2) is 0 Å². The lowest BCUT2D eigenvalue weighted by atomic mass is 9.99. The zero-order chi connectivity index (χ0) is 20.6. The molecule has 0 saturated carbocycles. The Balaban J connectivity index is 1.38. The number of aryl methyl sites for hydroxylation is 1. The van der Waals surface area contributed by atoms with E-state index in [1.165, 1.54) is 31.5 Å². The summed E-state index contributed by atoms with van der Waals surface area (Å²) in [5.74, 6) is 0.490. The molecule has 6 nitrogen and oxygen atoms in total. The van der Waals surface area contributed by atoms with Crippen molar-refractivity contribution in [3.8, 4) is 0 Å². The number of benzene rings is 2. The van der Waals surface area contributed by atoms with Gasteiger partial charge >= 0.3 is 6.03 Å². The Kier molecular flexibility index (Phi) is 7.25. The van der Waals surface area contributed by atoms with Gasteiger partial charge in [-0.2, -0.15) is 0 Å². The summed E-state index contributed by atoms with van der Waals surface area (Å²) >= 11 is 0. The molecule has 0 bridgehead atoms. The third-order valence-electron chi connectivity index (χ3n) is 5.36. The van der Waals surface area contributed by atoms with Crippen LogP contribution in [0.25, 0.3) is 0 Å². The average molecular weight is 395 g/mol. The smallest absolute Gasteiger partial charge is 0.333 e. The van der Waals surface area contributed by atoms with Crippen LogP contribution in [0.1, 0.15) is 46.8 Å². The van der Waals surface area contributed by atoms with E-state index in [4.69, 9.17) is 0 Å². The van der Waals surface area contributed by atoms with E-state index in [-0.39, 0.29) is 5.91 Å². The highest BCUT2D eigenvalue weighted by molar-refractivity contribution is 5.95. The average Bonchev–Trinajstić information content (AvgIpc) is 2.73. The van der Waals surface area contributed by atoms with Gasteiger partial charge in [0.2, 0.25) is 0 Å². The number of hydrogen-bond donors (Lipinski definition) is 3. The van der Waals surface area contributed by atoms with E-state index in [0.29, 0.717) is 12.1 Å². The maximum atomic E-state index is 12.0. The largest absolute Gasteiger partial charge is 0.333 e. The fourth-order valence-corrected chi connectivity index (χ4v) is 3.36. The van der Waals surface area contributed by atoms with Gasteiger partial charge in [-0.1, -0.05) is 48.9 Å². The summed E-state index contributed by atoms with van der Waals surface area (Å²) in [6, 6.07) is 15.0. The number of nitrogens with one attached hydrogen (secondary N) is 3. The summed E-state index contributed by atoms with van der Waals surface area (Å²) in [5, 5.41) is 2.75. The van der Waals surface area contributed by atoms with Gasteiger partial charge in [-0.3, -0.25) is 15.1 Å². The van der Waals surface area contributed by atoms with Gasteiger partial charge in [-0.05, 0) is 62.0 Å². The first-order chi connectivity index (χ1) is 14.0. The second-order valence-corrected chi connectivity index (χ2v) is 7.90. The lowest BCUT2D eigenvalue weighted by molar-refractivity contribution is 0.0936. The molecule has 29 heavy (non-hydrogen) atoms. The topological polar surface area (TPSA) is 73.5 Å². The molecule has 1 aliphatic heterocycles. The predicted molar refractivity (Wildman–Crippen MR) is 114 cm³/mol. The number of nitrogens with zero attached hydrogens (tertiary/aromatic N) is 1. The molecule has 3 N–H and O–H groups in total. The first-order valence-electron chi connectivity index (χ1n) is 10.2. The van der Waals surface area contributed by atoms with E-state index < -0.39 is 6.03 Å². The molecule has 2 aromatic rings. The Morgan fingerprint density at radius 2 is 1.55 bits per heavy atom. The zero-order valence-electron chi connectivity index (χ0n) is 17.2. The summed E-state index contributed by atoms with van der Waals surface area (Å²) < 4.78 is 0. The monoisotopic (exact) mass is 394 g/mol. The Hall–Kier alpha value is -2.86. The molecule has 154 valence electrons. The molecule has 1 heterocycles. The van der Waals surface area contributed by atoms with Crippen molar-refractivity contribution in [3.63, 3.8) is 0 Å². The normalized spacial score (nSPS) is 15.0. The number of rotatable bonds is 5. The predicted octanol–water partition coefficient (Wildman–Crippen LogP) is 3.37. The highest BCUT2D eigenvalue weighted by Gasteiger charge is 2.15. The molecule has 3 amide bonds. The van der Waals surface area contributed by atoms with E-state index in [0.717, 1.165) is 23.6 Å². The highest BCUT2D eigenvalue weighted by atomic mass is 16.2. The molecule has 1 saturated heterocycles. The molecular formula is C23H30N4O2. The van der Waals surface area contributed by atoms with Crippen molar-refractivity contribution >= 4 is 11.9 Å². The van der Waals surface area contributed by atoms with Gasteiger partial charge in [0.05, 0.1) is 0 Å². The molecule has 1 fully saturated rings. The Morgan fingerprint density at radius 3 is 2.21 bits per heavy atom. The van der Waals surface area contributed by atoms with E-state index in [1.54, 1.807) is 12.1 Å². The number of likely N-dealkylation sites (tertiary alicyclic amines) is 1. The van der Waals surface area contributed by atoms with Crippen molar-refractivity contribution < 1.29 is 9.59 Å². The van der Waals surface area contributed by atoms with Crippen molar-refractivity contribution in [1.29, 1.82) is 0 Å². The van der Waals surface area contributed by atoms with Gasteiger partial charge in [0, 0.05) is 18.7 Å². The molecule has 0 aromatic heterocycles. The molecule has 0 atom stereocenters. The van der Waals surface area contributed by atoms with Crippen LogP contribution < -0.4 is 16.2 Å². The molecule has 0 spiro atoms. The summed E-state index contributed by atoms with van der Waals surface area (Å²) in [6.45, 7) is 7.98. The minimum atomic E-state index is -0.447. The van der Waals surface area contributed by atoms with Crippen molar-refractivity contribution in [3.05, 3.63) is 70.8 Å². The molecule has 3 rings (SSSR count). The summed E-state index contributed by atoms with van der Waals surface area (Å²) in [5.41, 5.74) is 8.66. The molecule has 2 aromatic carbocycles. The number of carbonyl (C=O) groups is 2. The standard InChI is InChI=1S/C23H30N4O2/c1-17-3-9-21(10-4-17)22(28)25-26-23(29)24-15-19-5-7-20(8-6-19)16-27-13-11-18(2)12-14-27/h3-10,18H,11-16H2,1-2H3,(H,25,28)(H2,24,26,29). The molecule has 1 aliphatic rings. The first-order valence-corrected chi connectivity index (χ1v) is 10.2. The first kappa shape index (κ1) is 20.9. The second-order valence-electron chi connectivity index (χ2n) is 7.90. The van der Waals surface area contributed by atoms with Crippen LogP contribution in [0.2, 0.25) is 0 Å². The number of urea groups is 1. The summed E-state index contributed by atoms with van der Waals surface area (Å²) in [4.78, 5) is 26.4. The maximum Gasteiger partial charge on any atom is 0.333 e. The highest BCUT2D eigenvalue weighted by Crippen LogP contribution is 2.18. The Morgan fingerprint density at radius 1 is 0.931 bits per heavy atom. The lowest BCUT2D eigenvalue weighted by Crippen LogP contribution is -2.46. The molecule has 0 radical (unpaired) electrons. The van der Waals surface area contributed by atoms with Crippen LogP contribution in [0.5, 0.6) is 0 Å². The van der Waals surface area contributed by atoms with Crippen molar-refractivity contribution in [2.75, 3.05) is 13.1 Å². The molecule has 0 unspecified atom stereocenters. The van der Waals surface area contributed by atoms with Gasteiger partial charge < -0.3 is 5.32 Å². The quantitative estimate of drug-likeness (QED) is 0.681. The third kappa shape index (κ3) is 6.61. The number of hydrazine groups is 1. The van der Waals surface area contributed by atoms with Crippen LogP contribution in [0.15, 0.2) is 48.5 Å². The maximum absolute atomic E-state index is 12.0. The van der Waals surface area contributed by atoms with E-state index >= 15 is 0 Å². The van der Waals surface area contributed by atoms with Crippen molar-refractivity contribution in [1.82, 2.24) is 21.1 Å².